The van der Waals surface area contributed by atoms with Gasteiger partial charge in [-0.15, -0.1) is 11.8 Å². The number of ether oxygens (including phenoxy) is 1. The van der Waals surface area contributed by atoms with Crippen molar-refractivity contribution in [2.75, 3.05) is 12.8 Å². The lowest BCUT2D eigenvalue weighted by Gasteiger charge is -2.07. The molecule has 0 spiro atoms. The van der Waals surface area contributed by atoms with Gasteiger partial charge >= 0.3 is 0 Å². The van der Waals surface area contributed by atoms with E-state index in [4.69, 9.17) is 22.1 Å². The monoisotopic (exact) mass is 297 g/mol. The van der Waals surface area contributed by atoms with Crippen LogP contribution in [0.5, 0.6) is 5.75 Å². The Morgan fingerprint density at radius 2 is 2.21 bits per heavy atom. The molecule has 1 heterocycles. The molecule has 0 aliphatic carbocycles. The second kappa shape index (κ2) is 5.75. The zero-order valence-electron chi connectivity index (χ0n) is 11.1. The number of hydrogen-bond acceptors (Lipinski definition) is 4. The van der Waals surface area contributed by atoms with Gasteiger partial charge in [-0.3, -0.25) is 4.68 Å². The van der Waals surface area contributed by atoms with Crippen molar-refractivity contribution in [3.63, 3.8) is 0 Å². The molecule has 1 aromatic carbocycles. The molecule has 0 bridgehead atoms. The maximum absolute atomic E-state index is 6.21. The van der Waals surface area contributed by atoms with Gasteiger partial charge in [-0.25, -0.2) is 0 Å². The number of rotatable bonds is 4. The summed E-state index contributed by atoms with van der Waals surface area (Å²) >= 11 is 7.84. The van der Waals surface area contributed by atoms with Crippen LogP contribution in [0.3, 0.4) is 0 Å². The van der Waals surface area contributed by atoms with E-state index in [1.807, 2.05) is 32.2 Å². The van der Waals surface area contributed by atoms with E-state index in [1.54, 1.807) is 23.6 Å². The summed E-state index contributed by atoms with van der Waals surface area (Å²) in [5, 5.41) is 4.97. The Morgan fingerprint density at radius 1 is 1.47 bits per heavy atom. The average Bonchev–Trinajstić information content (AvgIpc) is 2.63. The summed E-state index contributed by atoms with van der Waals surface area (Å²) < 4.78 is 6.88. The first kappa shape index (κ1) is 14.1. The van der Waals surface area contributed by atoms with E-state index in [0.29, 0.717) is 5.15 Å². The first-order valence-corrected chi connectivity index (χ1v) is 7.13. The van der Waals surface area contributed by atoms with Gasteiger partial charge in [-0.1, -0.05) is 11.6 Å². The molecule has 4 nitrogen and oxygen atoms in total. The third-order valence-corrected chi connectivity index (χ3v) is 4.43. The molecular weight excluding hydrogens is 282 g/mol. The molecule has 2 aromatic rings. The van der Waals surface area contributed by atoms with Crippen LogP contribution in [-0.4, -0.2) is 16.9 Å². The number of anilines is 1. The highest BCUT2D eigenvalue weighted by atomic mass is 35.5. The van der Waals surface area contributed by atoms with Crippen molar-refractivity contribution in [1.29, 1.82) is 0 Å². The minimum Gasteiger partial charge on any atom is -0.497 e. The van der Waals surface area contributed by atoms with Gasteiger partial charge in [0.2, 0.25) is 0 Å². The summed E-state index contributed by atoms with van der Waals surface area (Å²) in [6.07, 6.45) is 0. The molecule has 0 radical (unpaired) electrons. The van der Waals surface area contributed by atoms with E-state index in [1.165, 1.54) is 0 Å². The fourth-order valence-corrected chi connectivity index (χ4v) is 3.15. The third kappa shape index (κ3) is 2.98. The zero-order valence-corrected chi connectivity index (χ0v) is 12.7. The average molecular weight is 298 g/mol. The van der Waals surface area contributed by atoms with Crippen LogP contribution in [0, 0.1) is 6.92 Å². The number of nitrogens with two attached hydrogens (primary N) is 1. The molecule has 0 aliphatic rings. The standard InChI is InChI=1S/C13H16ClN3OS/c1-8-10(13(14)17(2)16-8)7-19-12-6-9(18-3)4-5-11(12)15/h4-6H,7,15H2,1-3H3. The highest BCUT2D eigenvalue weighted by molar-refractivity contribution is 7.98. The second-order valence-electron chi connectivity index (χ2n) is 4.17. The number of methoxy groups -OCH3 is 1. The molecule has 6 heteroatoms. The lowest BCUT2D eigenvalue weighted by molar-refractivity contribution is 0.414. The Balaban J connectivity index is 2.18. The van der Waals surface area contributed by atoms with Crippen LogP contribution in [0.15, 0.2) is 23.1 Å². The van der Waals surface area contributed by atoms with Crippen molar-refractivity contribution in [2.45, 2.75) is 17.6 Å². The fraction of sp³-hybridized carbons (Fsp3) is 0.308. The molecular formula is C13H16ClN3OS. The van der Waals surface area contributed by atoms with E-state index >= 15 is 0 Å². The van der Waals surface area contributed by atoms with Crippen LogP contribution in [0.1, 0.15) is 11.3 Å². The summed E-state index contributed by atoms with van der Waals surface area (Å²) in [4.78, 5) is 0.985. The quantitative estimate of drug-likeness (QED) is 0.695. The van der Waals surface area contributed by atoms with E-state index in [9.17, 15) is 0 Å². The van der Waals surface area contributed by atoms with Crippen molar-refractivity contribution < 1.29 is 4.74 Å². The SMILES string of the molecule is COc1ccc(N)c(SCc2c(C)nn(C)c2Cl)c1. The predicted octanol–water partition coefficient (Wildman–Crippen LogP) is 3.27. The van der Waals surface area contributed by atoms with Crippen LogP contribution in [0.25, 0.3) is 0 Å². The minimum atomic E-state index is 0.673. The Bertz CT molecular complexity index is 598. The van der Waals surface area contributed by atoms with Gasteiger partial charge < -0.3 is 10.5 Å². The first-order valence-electron chi connectivity index (χ1n) is 5.77. The fourth-order valence-electron chi connectivity index (χ4n) is 1.75. The number of halogens is 1. The highest BCUT2D eigenvalue weighted by Gasteiger charge is 2.12. The molecule has 19 heavy (non-hydrogen) atoms. The number of benzene rings is 1. The van der Waals surface area contributed by atoms with E-state index < -0.39 is 0 Å². The maximum atomic E-state index is 6.21. The number of nitrogens with zero attached hydrogens (tertiary/aromatic N) is 2. The van der Waals surface area contributed by atoms with Gasteiger partial charge in [-0.2, -0.15) is 5.10 Å². The molecule has 0 fully saturated rings. The molecule has 2 rings (SSSR count). The normalized spacial score (nSPS) is 10.7. The lowest BCUT2D eigenvalue weighted by atomic mass is 10.3. The van der Waals surface area contributed by atoms with Crippen molar-refractivity contribution in [3.8, 4) is 5.75 Å². The Labute approximate surface area is 121 Å². The van der Waals surface area contributed by atoms with E-state index in [0.717, 1.165) is 33.3 Å². The largest absolute Gasteiger partial charge is 0.497 e. The van der Waals surface area contributed by atoms with Gasteiger partial charge in [-0.05, 0) is 25.1 Å². The molecule has 0 unspecified atom stereocenters. The Hall–Kier alpha value is -1.33. The van der Waals surface area contributed by atoms with Crippen LogP contribution in [0.2, 0.25) is 5.15 Å². The van der Waals surface area contributed by atoms with Crippen molar-refractivity contribution in [1.82, 2.24) is 9.78 Å². The number of thioether (sulfide) groups is 1. The van der Waals surface area contributed by atoms with Gasteiger partial charge in [0.25, 0.3) is 0 Å². The van der Waals surface area contributed by atoms with Crippen molar-refractivity contribution >= 4 is 29.1 Å². The van der Waals surface area contributed by atoms with E-state index in [2.05, 4.69) is 5.10 Å². The minimum absolute atomic E-state index is 0.673. The third-order valence-electron chi connectivity index (χ3n) is 2.86. The predicted molar refractivity (Wildman–Crippen MR) is 79.9 cm³/mol. The van der Waals surface area contributed by atoms with Crippen molar-refractivity contribution in [3.05, 3.63) is 34.6 Å². The summed E-state index contributed by atoms with van der Waals surface area (Å²) in [6, 6.07) is 5.63. The van der Waals surface area contributed by atoms with Crippen LogP contribution >= 0.6 is 23.4 Å². The second-order valence-corrected chi connectivity index (χ2v) is 5.55. The molecule has 1 aromatic heterocycles. The zero-order chi connectivity index (χ0) is 14.0. The van der Waals surface area contributed by atoms with Gasteiger partial charge in [0.15, 0.2) is 0 Å². The Morgan fingerprint density at radius 3 is 2.79 bits per heavy atom. The lowest BCUT2D eigenvalue weighted by Crippen LogP contribution is -1.92. The van der Waals surface area contributed by atoms with Gasteiger partial charge in [0.1, 0.15) is 10.9 Å². The highest BCUT2D eigenvalue weighted by Crippen LogP contribution is 2.33. The van der Waals surface area contributed by atoms with Crippen LogP contribution in [0.4, 0.5) is 5.69 Å². The van der Waals surface area contributed by atoms with Crippen LogP contribution < -0.4 is 10.5 Å². The number of aromatic nitrogens is 2. The summed E-state index contributed by atoms with van der Waals surface area (Å²) in [6.45, 7) is 1.96. The number of aryl methyl sites for hydroxylation is 2. The smallest absolute Gasteiger partial charge is 0.131 e. The molecule has 0 amide bonds. The molecule has 2 N–H and O–H groups in total. The topological polar surface area (TPSA) is 53.1 Å². The molecule has 0 aliphatic heterocycles. The number of nitrogen functional groups attached to an aromatic ring is 1. The summed E-state index contributed by atoms with van der Waals surface area (Å²) in [7, 11) is 3.48. The van der Waals surface area contributed by atoms with E-state index in [-0.39, 0.29) is 0 Å². The molecule has 0 saturated heterocycles. The van der Waals surface area contributed by atoms with Gasteiger partial charge in [0.05, 0.1) is 12.8 Å². The number of hydrogen-bond donors (Lipinski definition) is 1. The first-order chi connectivity index (χ1) is 9.02. The van der Waals surface area contributed by atoms with Crippen LogP contribution in [-0.2, 0) is 12.8 Å². The molecule has 102 valence electrons. The molecule has 0 saturated carbocycles. The van der Waals surface area contributed by atoms with Crippen molar-refractivity contribution in [2.24, 2.45) is 7.05 Å². The summed E-state index contributed by atoms with van der Waals surface area (Å²) in [5.41, 5.74) is 8.68. The molecule has 0 atom stereocenters. The summed E-state index contributed by atoms with van der Waals surface area (Å²) in [5.74, 6) is 1.53. The van der Waals surface area contributed by atoms with Gasteiger partial charge in [0, 0.05) is 28.9 Å². The Kier molecular flexibility index (Phi) is 4.27. The maximum Gasteiger partial charge on any atom is 0.131 e.